The van der Waals surface area contributed by atoms with E-state index >= 15 is 0 Å². The molecular weight excluding hydrogens is 132 g/mol. The van der Waals surface area contributed by atoms with Crippen LogP contribution in [0.25, 0.3) is 0 Å². The summed E-state index contributed by atoms with van der Waals surface area (Å²) in [6.45, 7) is 2.66. The Kier molecular flexibility index (Phi) is 3.54. The minimum atomic E-state index is -0.292. The van der Waals surface area contributed by atoms with Crippen molar-refractivity contribution < 1.29 is 14.4 Å². The minimum absolute atomic E-state index is 0.112. The van der Waals surface area contributed by atoms with Crippen LogP contribution in [0.4, 0.5) is 0 Å². The Morgan fingerprint density at radius 2 is 1.20 bits per heavy atom. The molecule has 10 heavy (non-hydrogen) atoms. The molecule has 0 aromatic carbocycles. The Bertz CT molecular complexity index is 152. The SMILES string of the molecule is CC(=O)CC(=O)CC(C)=O. The number of carbonyl (C=O) groups is 3. The van der Waals surface area contributed by atoms with Crippen molar-refractivity contribution >= 4 is 17.3 Å². The highest BCUT2D eigenvalue weighted by Gasteiger charge is 2.06. The number of ketones is 3. The quantitative estimate of drug-likeness (QED) is 0.537. The molecule has 56 valence electrons. The standard InChI is InChI=1S/C7H10O3/c1-5(8)3-7(10)4-6(2)9/h3-4H2,1-2H3. The summed E-state index contributed by atoms with van der Waals surface area (Å²) in [5, 5.41) is 0. The second-order valence-electron chi connectivity index (χ2n) is 2.30. The number of Topliss-reactive ketones (excluding diaryl/α,β-unsaturated/α-hetero) is 3. The van der Waals surface area contributed by atoms with Crippen LogP contribution in [-0.4, -0.2) is 17.3 Å². The van der Waals surface area contributed by atoms with Crippen molar-refractivity contribution in [1.82, 2.24) is 0 Å². The molecule has 0 bridgehead atoms. The number of hydrogen-bond donors (Lipinski definition) is 0. The zero-order valence-corrected chi connectivity index (χ0v) is 6.14. The molecule has 3 nitrogen and oxygen atoms in total. The normalized spacial score (nSPS) is 9.00. The molecule has 3 heteroatoms. The van der Waals surface area contributed by atoms with Crippen LogP contribution in [0, 0.1) is 0 Å². The first-order valence-corrected chi connectivity index (χ1v) is 3.03. The maximum absolute atomic E-state index is 10.6. The van der Waals surface area contributed by atoms with Gasteiger partial charge in [-0.1, -0.05) is 0 Å². The van der Waals surface area contributed by atoms with Gasteiger partial charge < -0.3 is 0 Å². The average Bonchev–Trinajstić information content (AvgIpc) is 1.58. The van der Waals surface area contributed by atoms with Gasteiger partial charge in [0.2, 0.25) is 0 Å². The van der Waals surface area contributed by atoms with Crippen molar-refractivity contribution in [1.29, 1.82) is 0 Å². The van der Waals surface area contributed by atoms with Crippen LogP contribution in [-0.2, 0) is 14.4 Å². The van der Waals surface area contributed by atoms with E-state index in [4.69, 9.17) is 0 Å². The molecule has 0 aliphatic rings. The molecule has 0 spiro atoms. The topological polar surface area (TPSA) is 51.2 Å². The molecule has 0 saturated carbocycles. The molecule has 0 saturated heterocycles. The highest BCUT2D eigenvalue weighted by molar-refractivity contribution is 6.06. The van der Waals surface area contributed by atoms with Crippen molar-refractivity contribution in [2.75, 3.05) is 0 Å². The zero-order valence-electron chi connectivity index (χ0n) is 6.14. The van der Waals surface area contributed by atoms with E-state index in [0.29, 0.717) is 0 Å². The van der Waals surface area contributed by atoms with Crippen LogP contribution in [0.2, 0.25) is 0 Å². The minimum Gasteiger partial charge on any atom is -0.300 e. The Labute approximate surface area is 59.4 Å². The summed E-state index contributed by atoms with van der Waals surface area (Å²) >= 11 is 0. The predicted molar refractivity (Wildman–Crippen MR) is 35.6 cm³/mol. The van der Waals surface area contributed by atoms with Crippen molar-refractivity contribution in [2.24, 2.45) is 0 Å². The lowest BCUT2D eigenvalue weighted by Crippen LogP contribution is -2.07. The summed E-state index contributed by atoms with van der Waals surface area (Å²) in [5.41, 5.74) is 0. The number of rotatable bonds is 4. The van der Waals surface area contributed by atoms with Crippen molar-refractivity contribution in [2.45, 2.75) is 26.7 Å². The fourth-order valence-electron chi connectivity index (χ4n) is 0.618. The van der Waals surface area contributed by atoms with Gasteiger partial charge in [0, 0.05) is 0 Å². The average molecular weight is 142 g/mol. The summed E-state index contributed by atoms with van der Waals surface area (Å²) < 4.78 is 0. The van der Waals surface area contributed by atoms with Crippen LogP contribution in [0.15, 0.2) is 0 Å². The van der Waals surface area contributed by atoms with E-state index in [1.165, 1.54) is 13.8 Å². The predicted octanol–water partition coefficient (Wildman–Crippen LogP) is 0.514. The summed E-state index contributed by atoms with van der Waals surface area (Å²) in [5.74, 6) is -0.669. The first-order chi connectivity index (χ1) is 4.52. The largest absolute Gasteiger partial charge is 0.300 e. The van der Waals surface area contributed by atoms with Gasteiger partial charge in [-0.15, -0.1) is 0 Å². The van der Waals surface area contributed by atoms with Gasteiger partial charge in [0.25, 0.3) is 0 Å². The van der Waals surface area contributed by atoms with Gasteiger partial charge in [-0.05, 0) is 13.8 Å². The lowest BCUT2D eigenvalue weighted by atomic mass is 10.1. The van der Waals surface area contributed by atoms with Gasteiger partial charge in [-0.2, -0.15) is 0 Å². The van der Waals surface area contributed by atoms with Gasteiger partial charge in [0.1, 0.15) is 17.3 Å². The summed E-state index contributed by atoms with van der Waals surface area (Å²) in [4.78, 5) is 31.2. The van der Waals surface area contributed by atoms with E-state index in [0.717, 1.165) is 0 Å². The van der Waals surface area contributed by atoms with Crippen molar-refractivity contribution in [3.05, 3.63) is 0 Å². The van der Waals surface area contributed by atoms with Gasteiger partial charge >= 0.3 is 0 Å². The molecule has 0 fully saturated rings. The molecule has 0 aliphatic heterocycles. The molecule has 0 atom stereocenters. The van der Waals surface area contributed by atoms with E-state index in [2.05, 4.69) is 0 Å². The molecular formula is C7H10O3. The number of carbonyl (C=O) groups excluding carboxylic acids is 3. The first-order valence-electron chi connectivity index (χ1n) is 3.03. The van der Waals surface area contributed by atoms with Crippen molar-refractivity contribution in [3.8, 4) is 0 Å². The third-order valence-corrected chi connectivity index (χ3v) is 0.892. The Morgan fingerprint density at radius 1 is 0.900 bits per heavy atom. The van der Waals surface area contributed by atoms with Crippen LogP contribution in [0.1, 0.15) is 26.7 Å². The maximum Gasteiger partial charge on any atom is 0.147 e. The lowest BCUT2D eigenvalue weighted by molar-refractivity contribution is -0.128. The smallest absolute Gasteiger partial charge is 0.147 e. The second kappa shape index (κ2) is 3.93. The van der Waals surface area contributed by atoms with Crippen molar-refractivity contribution in [3.63, 3.8) is 0 Å². The highest BCUT2D eigenvalue weighted by atomic mass is 16.2. The molecule has 0 heterocycles. The molecule has 0 rings (SSSR count). The van der Waals surface area contributed by atoms with Gasteiger partial charge in [-0.25, -0.2) is 0 Å². The third kappa shape index (κ3) is 5.15. The van der Waals surface area contributed by atoms with E-state index in [9.17, 15) is 14.4 Å². The van der Waals surface area contributed by atoms with Gasteiger partial charge in [0.15, 0.2) is 0 Å². The van der Waals surface area contributed by atoms with Gasteiger partial charge in [-0.3, -0.25) is 14.4 Å². The van der Waals surface area contributed by atoms with E-state index in [1.54, 1.807) is 0 Å². The molecule has 0 unspecified atom stereocenters. The Morgan fingerprint density at radius 3 is 1.40 bits per heavy atom. The van der Waals surface area contributed by atoms with Crippen LogP contribution < -0.4 is 0 Å². The fraction of sp³-hybridized carbons (Fsp3) is 0.571. The van der Waals surface area contributed by atoms with Crippen LogP contribution in [0.5, 0.6) is 0 Å². The fourth-order valence-corrected chi connectivity index (χ4v) is 0.618. The highest BCUT2D eigenvalue weighted by Crippen LogP contribution is 1.91. The maximum atomic E-state index is 10.6. The second-order valence-corrected chi connectivity index (χ2v) is 2.30. The first kappa shape index (κ1) is 9.01. The third-order valence-electron chi connectivity index (χ3n) is 0.892. The van der Waals surface area contributed by atoms with E-state index < -0.39 is 0 Å². The van der Waals surface area contributed by atoms with Crippen LogP contribution in [0.3, 0.4) is 0 Å². The molecule has 0 aromatic heterocycles. The molecule has 0 amide bonds. The molecule has 0 aliphatic carbocycles. The monoisotopic (exact) mass is 142 g/mol. The molecule has 0 N–H and O–H groups in total. The number of hydrogen-bond acceptors (Lipinski definition) is 3. The zero-order chi connectivity index (χ0) is 8.15. The van der Waals surface area contributed by atoms with Gasteiger partial charge in [0.05, 0.1) is 12.8 Å². The summed E-state index contributed by atoms with van der Waals surface area (Å²) in [7, 11) is 0. The molecule has 0 aromatic rings. The van der Waals surface area contributed by atoms with Crippen LogP contribution >= 0.6 is 0 Å². The summed E-state index contributed by atoms with van der Waals surface area (Å²) in [6.07, 6.45) is -0.223. The van der Waals surface area contributed by atoms with E-state index in [-0.39, 0.29) is 30.2 Å². The Hall–Kier alpha value is -0.990. The molecule has 0 radical (unpaired) electrons. The Balaban J connectivity index is 3.65. The lowest BCUT2D eigenvalue weighted by Gasteiger charge is -1.91. The van der Waals surface area contributed by atoms with E-state index in [1.807, 2.05) is 0 Å². The summed E-state index contributed by atoms with van der Waals surface area (Å²) in [6, 6.07) is 0.